The Hall–Kier alpha value is -1.20. The minimum atomic E-state index is -0.00406. The second kappa shape index (κ2) is 5.93. The van der Waals surface area contributed by atoms with Crippen molar-refractivity contribution in [3.8, 4) is 0 Å². The van der Waals surface area contributed by atoms with E-state index in [1.54, 1.807) is 0 Å². The Labute approximate surface area is 108 Å². The normalized spacial score (nSPS) is 10.6. The molecule has 0 radical (unpaired) electrons. The van der Waals surface area contributed by atoms with Gasteiger partial charge in [0.1, 0.15) is 11.0 Å². The van der Waals surface area contributed by atoms with Crippen LogP contribution in [0.5, 0.6) is 0 Å². The highest BCUT2D eigenvalue weighted by atomic mass is 35.5. The number of hydrogen-bond acceptors (Lipinski definition) is 4. The van der Waals surface area contributed by atoms with Crippen molar-refractivity contribution in [1.29, 1.82) is 0 Å². The fourth-order valence-electron chi connectivity index (χ4n) is 1.50. The number of unbranched alkanes of at least 4 members (excludes halogenated alkanes) is 1. The van der Waals surface area contributed by atoms with Gasteiger partial charge in [-0.25, -0.2) is 0 Å². The second-order valence-corrected chi connectivity index (χ2v) is 4.54. The number of alkyl halides is 1. The Bertz CT molecular complexity index is 514. The van der Waals surface area contributed by atoms with Gasteiger partial charge in [-0.05, 0) is 25.0 Å². The van der Waals surface area contributed by atoms with E-state index in [9.17, 15) is 4.79 Å². The van der Waals surface area contributed by atoms with Gasteiger partial charge in [0.15, 0.2) is 0 Å². The Morgan fingerprint density at radius 3 is 3.06 bits per heavy atom. The van der Waals surface area contributed by atoms with E-state index < -0.39 is 0 Å². The molecule has 0 aliphatic heterocycles. The first-order valence-corrected chi connectivity index (χ1v) is 6.65. The Morgan fingerprint density at radius 1 is 1.35 bits per heavy atom. The number of amides is 1. The summed E-state index contributed by atoms with van der Waals surface area (Å²) in [7, 11) is 0. The number of carbonyl (C=O) groups is 1. The number of hydrogen-bond donors (Lipinski definition) is 1. The van der Waals surface area contributed by atoms with Crippen LogP contribution in [0.1, 0.15) is 19.3 Å². The van der Waals surface area contributed by atoms with Gasteiger partial charge in [-0.1, -0.05) is 6.07 Å². The maximum Gasteiger partial charge on any atom is 0.224 e. The van der Waals surface area contributed by atoms with E-state index in [0.29, 0.717) is 12.3 Å². The van der Waals surface area contributed by atoms with Crippen molar-refractivity contribution in [2.45, 2.75) is 19.3 Å². The molecule has 0 aliphatic carbocycles. The fourth-order valence-corrected chi connectivity index (χ4v) is 2.24. The standard InChI is InChI=1S/C11H12ClN3OS/c12-7-2-1-6-10(16)13-8-4-3-5-9-11(8)15-17-14-9/h3-5H,1-2,6-7H2,(H,13,16). The third-order valence-corrected chi connectivity index (χ3v) is 3.16. The first kappa shape index (κ1) is 12.3. The van der Waals surface area contributed by atoms with Crippen molar-refractivity contribution in [3.05, 3.63) is 18.2 Å². The van der Waals surface area contributed by atoms with Crippen molar-refractivity contribution >= 4 is 46.0 Å². The number of carbonyl (C=O) groups excluding carboxylic acids is 1. The van der Waals surface area contributed by atoms with E-state index in [-0.39, 0.29) is 5.91 Å². The van der Waals surface area contributed by atoms with Crippen LogP contribution < -0.4 is 5.32 Å². The van der Waals surface area contributed by atoms with Crippen LogP contribution in [0.15, 0.2) is 18.2 Å². The Kier molecular flexibility index (Phi) is 4.28. The van der Waals surface area contributed by atoms with Crippen molar-refractivity contribution < 1.29 is 4.79 Å². The lowest BCUT2D eigenvalue weighted by Gasteiger charge is -2.04. The number of aromatic nitrogens is 2. The van der Waals surface area contributed by atoms with Gasteiger partial charge >= 0.3 is 0 Å². The minimum Gasteiger partial charge on any atom is -0.324 e. The summed E-state index contributed by atoms with van der Waals surface area (Å²) in [6, 6.07) is 5.57. The third kappa shape index (κ3) is 3.14. The van der Waals surface area contributed by atoms with Crippen LogP contribution in [0, 0.1) is 0 Å². The quantitative estimate of drug-likeness (QED) is 0.670. The summed E-state index contributed by atoms with van der Waals surface area (Å²) >= 11 is 6.71. The molecule has 0 fully saturated rings. The van der Waals surface area contributed by atoms with Gasteiger partial charge in [-0.2, -0.15) is 8.75 Å². The zero-order chi connectivity index (χ0) is 12.1. The third-order valence-electron chi connectivity index (χ3n) is 2.35. The summed E-state index contributed by atoms with van der Waals surface area (Å²) in [4.78, 5) is 11.7. The van der Waals surface area contributed by atoms with Crippen molar-refractivity contribution in [2.75, 3.05) is 11.2 Å². The van der Waals surface area contributed by atoms with Crippen molar-refractivity contribution in [1.82, 2.24) is 8.75 Å². The summed E-state index contributed by atoms with van der Waals surface area (Å²) < 4.78 is 8.29. The summed E-state index contributed by atoms with van der Waals surface area (Å²) in [5, 5.41) is 2.85. The van der Waals surface area contributed by atoms with Gasteiger partial charge < -0.3 is 5.32 Å². The molecule has 17 heavy (non-hydrogen) atoms. The first-order chi connectivity index (χ1) is 8.31. The van der Waals surface area contributed by atoms with E-state index in [0.717, 1.165) is 41.3 Å². The fraction of sp³-hybridized carbons (Fsp3) is 0.364. The van der Waals surface area contributed by atoms with Gasteiger partial charge in [0, 0.05) is 12.3 Å². The lowest BCUT2D eigenvalue weighted by molar-refractivity contribution is -0.116. The molecular weight excluding hydrogens is 258 g/mol. The molecule has 90 valence electrons. The number of halogens is 1. The number of rotatable bonds is 5. The molecule has 2 aromatic rings. The number of anilines is 1. The SMILES string of the molecule is O=C(CCCCCl)Nc1cccc2nsnc12. The van der Waals surface area contributed by atoms with E-state index in [4.69, 9.17) is 11.6 Å². The van der Waals surface area contributed by atoms with Crippen molar-refractivity contribution in [3.63, 3.8) is 0 Å². The molecule has 0 unspecified atom stereocenters. The molecule has 2 rings (SSSR count). The lowest BCUT2D eigenvalue weighted by atomic mass is 10.2. The molecule has 0 aliphatic rings. The molecule has 0 saturated heterocycles. The molecule has 1 aromatic heterocycles. The predicted octanol–water partition coefficient (Wildman–Crippen LogP) is 3.04. The topological polar surface area (TPSA) is 54.9 Å². The molecule has 0 atom stereocenters. The molecule has 0 saturated carbocycles. The summed E-state index contributed by atoms with van der Waals surface area (Å²) in [6.07, 6.45) is 2.15. The largest absolute Gasteiger partial charge is 0.324 e. The molecular formula is C11H12ClN3OS. The van der Waals surface area contributed by atoms with Crippen LogP contribution in [0.4, 0.5) is 5.69 Å². The Morgan fingerprint density at radius 2 is 2.24 bits per heavy atom. The average molecular weight is 270 g/mol. The number of nitrogens with one attached hydrogen (secondary N) is 1. The first-order valence-electron chi connectivity index (χ1n) is 5.38. The van der Waals surface area contributed by atoms with Gasteiger partial charge in [0.05, 0.1) is 17.4 Å². The number of benzene rings is 1. The predicted molar refractivity (Wildman–Crippen MR) is 70.6 cm³/mol. The molecule has 1 heterocycles. The number of nitrogens with zero attached hydrogens (tertiary/aromatic N) is 2. The molecule has 6 heteroatoms. The maximum absolute atomic E-state index is 11.7. The monoisotopic (exact) mass is 269 g/mol. The van der Waals surface area contributed by atoms with Crippen LogP contribution in [0.3, 0.4) is 0 Å². The highest BCUT2D eigenvalue weighted by Gasteiger charge is 2.07. The van der Waals surface area contributed by atoms with E-state index in [1.165, 1.54) is 0 Å². The van der Waals surface area contributed by atoms with Crippen LogP contribution in [-0.2, 0) is 4.79 Å². The molecule has 4 nitrogen and oxygen atoms in total. The average Bonchev–Trinajstić information content (AvgIpc) is 2.78. The van der Waals surface area contributed by atoms with E-state index in [1.807, 2.05) is 18.2 Å². The summed E-state index contributed by atoms with van der Waals surface area (Å²) in [5.41, 5.74) is 2.30. The summed E-state index contributed by atoms with van der Waals surface area (Å²) in [5.74, 6) is 0.592. The van der Waals surface area contributed by atoms with E-state index >= 15 is 0 Å². The highest BCUT2D eigenvalue weighted by molar-refractivity contribution is 7.00. The van der Waals surface area contributed by atoms with Crippen molar-refractivity contribution in [2.24, 2.45) is 0 Å². The van der Waals surface area contributed by atoms with Gasteiger partial charge in [-0.3, -0.25) is 4.79 Å². The smallest absolute Gasteiger partial charge is 0.224 e. The maximum atomic E-state index is 11.7. The molecule has 0 spiro atoms. The summed E-state index contributed by atoms with van der Waals surface area (Å²) in [6.45, 7) is 0. The second-order valence-electron chi connectivity index (χ2n) is 3.63. The van der Waals surface area contributed by atoms with Crippen LogP contribution in [0.2, 0.25) is 0 Å². The van der Waals surface area contributed by atoms with Crippen LogP contribution in [0.25, 0.3) is 11.0 Å². The number of fused-ring (bicyclic) bond motifs is 1. The van der Waals surface area contributed by atoms with E-state index in [2.05, 4.69) is 14.1 Å². The van der Waals surface area contributed by atoms with Crippen LogP contribution in [-0.4, -0.2) is 20.5 Å². The Balaban J connectivity index is 2.03. The molecule has 1 aromatic carbocycles. The van der Waals surface area contributed by atoms with Gasteiger partial charge in [-0.15, -0.1) is 11.6 Å². The lowest BCUT2D eigenvalue weighted by Crippen LogP contribution is -2.11. The molecule has 1 N–H and O–H groups in total. The van der Waals surface area contributed by atoms with Crippen LogP contribution >= 0.6 is 23.3 Å². The zero-order valence-corrected chi connectivity index (χ0v) is 10.7. The molecule has 0 bridgehead atoms. The zero-order valence-electron chi connectivity index (χ0n) is 9.15. The minimum absolute atomic E-state index is 0.00406. The highest BCUT2D eigenvalue weighted by Crippen LogP contribution is 2.21. The molecule has 1 amide bonds. The van der Waals surface area contributed by atoms with Gasteiger partial charge in [0.2, 0.25) is 5.91 Å². The van der Waals surface area contributed by atoms with Gasteiger partial charge in [0.25, 0.3) is 0 Å².